The van der Waals surface area contributed by atoms with Gasteiger partial charge in [-0.05, 0) is 43.9 Å². The molecule has 1 aromatic heterocycles. The van der Waals surface area contributed by atoms with Gasteiger partial charge in [0.2, 0.25) is 0 Å². The number of pyridine rings is 1. The van der Waals surface area contributed by atoms with Gasteiger partial charge in [-0.25, -0.2) is 4.79 Å². The van der Waals surface area contributed by atoms with Gasteiger partial charge in [0.05, 0.1) is 23.8 Å². The highest BCUT2D eigenvalue weighted by atomic mass is 16.5. The fourth-order valence-corrected chi connectivity index (χ4v) is 4.32. The minimum atomic E-state index is -0.504. The highest BCUT2D eigenvalue weighted by Gasteiger charge is 2.41. The summed E-state index contributed by atoms with van der Waals surface area (Å²) in [7, 11) is 0. The van der Waals surface area contributed by atoms with Crippen molar-refractivity contribution in [3.63, 3.8) is 0 Å². The van der Waals surface area contributed by atoms with Crippen LogP contribution in [-0.4, -0.2) is 23.3 Å². The molecule has 2 heterocycles. The first-order chi connectivity index (χ1) is 14.1. The predicted octanol–water partition coefficient (Wildman–Crippen LogP) is 4.01. The molecule has 0 saturated heterocycles. The fourth-order valence-electron chi connectivity index (χ4n) is 4.32. The number of nitrogens with one attached hydrogen (secondary N) is 1. The molecule has 0 unspecified atom stereocenters. The molecule has 1 N–H and O–H groups in total. The van der Waals surface area contributed by atoms with Crippen LogP contribution in [0.15, 0.2) is 77.3 Å². The monoisotopic (exact) mass is 388 g/mol. The number of rotatable bonds is 4. The molecule has 2 atom stereocenters. The summed E-state index contributed by atoms with van der Waals surface area (Å²) in [4.78, 5) is 30.6. The Morgan fingerprint density at radius 3 is 2.59 bits per heavy atom. The van der Waals surface area contributed by atoms with Crippen LogP contribution in [0.2, 0.25) is 0 Å². The van der Waals surface area contributed by atoms with Crippen molar-refractivity contribution in [2.75, 3.05) is 6.61 Å². The zero-order chi connectivity index (χ0) is 20.4. The van der Waals surface area contributed by atoms with Crippen molar-refractivity contribution in [2.45, 2.75) is 38.5 Å². The van der Waals surface area contributed by atoms with Crippen LogP contribution in [0.5, 0.6) is 0 Å². The summed E-state index contributed by atoms with van der Waals surface area (Å²) in [6.45, 7) is 3.92. The molecule has 5 heteroatoms. The predicted molar refractivity (Wildman–Crippen MR) is 110 cm³/mol. The van der Waals surface area contributed by atoms with Crippen LogP contribution < -0.4 is 5.32 Å². The zero-order valence-corrected chi connectivity index (χ0v) is 16.6. The van der Waals surface area contributed by atoms with Gasteiger partial charge in [-0.2, -0.15) is 0 Å². The number of ether oxygens (including phenoxy) is 1. The molecule has 4 rings (SSSR count). The second-order valence-electron chi connectivity index (χ2n) is 7.40. The van der Waals surface area contributed by atoms with Gasteiger partial charge in [-0.15, -0.1) is 0 Å². The van der Waals surface area contributed by atoms with Gasteiger partial charge >= 0.3 is 5.97 Å². The Morgan fingerprint density at radius 1 is 1.14 bits per heavy atom. The van der Waals surface area contributed by atoms with E-state index < -0.39 is 11.9 Å². The number of hydrogen-bond donors (Lipinski definition) is 1. The third-order valence-electron chi connectivity index (χ3n) is 5.58. The molecule has 0 spiro atoms. The van der Waals surface area contributed by atoms with Gasteiger partial charge in [0.1, 0.15) is 0 Å². The van der Waals surface area contributed by atoms with Gasteiger partial charge in [0, 0.05) is 29.6 Å². The zero-order valence-electron chi connectivity index (χ0n) is 16.6. The Hall–Kier alpha value is -3.21. The van der Waals surface area contributed by atoms with E-state index in [0.717, 1.165) is 23.4 Å². The minimum Gasteiger partial charge on any atom is -0.463 e. The molecular weight excluding hydrogens is 364 g/mol. The van der Waals surface area contributed by atoms with Crippen LogP contribution in [0, 0.1) is 0 Å². The molecule has 1 aliphatic carbocycles. The van der Waals surface area contributed by atoms with Crippen LogP contribution in [-0.2, 0) is 14.3 Å². The highest BCUT2D eigenvalue weighted by molar-refractivity contribution is 6.04. The van der Waals surface area contributed by atoms with Gasteiger partial charge < -0.3 is 10.1 Å². The first-order valence-corrected chi connectivity index (χ1v) is 9.97. The number of allylic oxidation sites excluding steroid dienone is 3. The molecular formula is C24H24N2O3. The van der Waals surface area contributed by atoms with Crippen LogP contribution in [0.25, 0.3) is 0 Å². The summed E-state index contributed by atoms with van der Waals surface area (Å²) in [6.07, 6.45) is 2.83. The molecule has 0 radical (unpaired) electrons. The van der Waals surface area contributed by atoms with E-state index >= 15 is 0 Å². The summed E-state index contributed by atoms with van der Waals surface area (Å²) in [5.41, 5.74) is 4.56. The second-order valence-corrected chi connectivity index (χ2v) is 7.40. The Morgan fingerprint density at radius 2 is 1.90 bits per heavy atom. The molecule has 5 nitrogen and oxygen atoms in total. The smallest absolute Gasteiger partial charge is 0.336 e. The lowest BCUT2D eigenvalue weighted by Crippen LogP contribution is -2.36. The van der Waals surface area contributed by atoms with Crippen molar-refractivity contribution >= 4 is 11.8 Å². The van der Waals surface area contributed by atoms with Gasteiger partial charge in [-0.1, -0.05) is 36.4 Å². The maximum Gasteiger partial charge on any atom is 0.336 e. The number of ketones is 1. The van der Waals surface area contributed by atoms with Crippen molar-refractivity contribution in [2.24, 2.45) is 0 Å². The molecule has 1 aromatic carbocycles. The lowest BCUT2D eigenvalue weighted by molar-refractivity contribution is -0.138. The average molecular weight is 388 g/mol. The van der Waals surface area contributed by atoms with Crippen molar-refractivity contribution in [1.29, 1.82) is 0 Å². The van der Waals surface area contributed by atoms with Gasteiger partial charge in [0.25, 0.3) is 0 Å². The Kier molecular flexibility index (Phi) is 5.30. The standard InChI is InChI=1S/C24H24N2O3/c1-3-29-24(28)21-15(2)26-19-13-17(16-9-5-4-6-10-16)14-20(27)22(19)23(21)18-11-7-8-12-25-18/h4-12,17,23,26H,3,13-14H2,1-2H3/t17-,23-/m1/s1. The number of nitrogens with zero attached hydrogens (tertiary/aromatic N) is 1. The topological polar surface area (TPSA) is 68.3 Å². The van der Waals surface area contributed by atoms with Crippen molar-refractivity contribution in [1.82, 2.24) is 10.3 Å². The third kappa shape index (κ3) is 3.60. The fraction of sp³-hybridized carbons (Fsp3) is 0.292. The van der Waals surface area contributed by atoms with E-state index in [2.05, 4.69) is 22.4 Å². The maximum atomic E-state index is 13.3. The number of hydrogen-bond acceptors (Lipinski definition) is 5. The summed E-state index contributed by atoms with van der Waals surface area (Å²) >= 11 is 0. The van der Waals surface area contributed by atoms with Gasteiger partial charge in [-0.3, -0.25) is 9.78 Å². The molecule has 2 aliphatic rings. The Balaban J connectivity index is 1.79. The third-order valence-corrected chi connectivity index (χ3v) is 5.58. The number of esters is 1. The summed E-state index contributed by atoms with van der Waals surface area (Å²) in [5, 5.41) is 3.35. The number of aromatic nitrogens is 1. The quantitative estimate of drug-likeness (QED) is 0.802. The number of carbonyl (C=O) groups is 2. The van der Waals surface area contributed by atoms with E-state index in [9.17, 15) is 9.59 Å². The summed E-state index contributed by atoms with van der Waals surface area (Å²) < 4.78 is 5.31. The SMILES string of the molecule is CCOC(=O)C1=C(C)NC2=C(C(=O)C[C@H](c3ccccc3)C2)[C@@H]1c1ccccn1. The first kappa shape index (κ1) is 19.1. The molecule has 1 aliphatic heterocycles. The molecule has 0 fully saturated rings. The first-order valence-electron chi connectivity index (χ1n) is 9.97. The number of carbonyl (C=O) groups excluding carboxylic acids is 2. The average Bonchev–Trinajstić information content (AvgIpc) is 2.74. The van der Waals surface area contributed by atoms with Gasteiger partial charge in [0.15, 0.2) is 5.78 Å². The molecule has 0 amide bonds. The van der Waals surface area contributed by atoms with Crippen molar-refractivity contribution in [3.05, 3.63) is 88.5 Å². The molecule has 0 saturated carbocycles. The van der Waals surface area contributed by atoms with E-state index in [1.54, 1.807) is 13.1 Å². The second kappa shape index (κ2) is 8.03. The Bertz CT molecular complexity index is 993. The molecule has 29 heavy (non-hydrogen) atoms. The van der Waals surface area contributed by atoms with Crippen LogP contribution in [0.3, 0.4) is 0 Å². The highest BCUT2D eigenvalue weighted by Crippen LogP contribution is 2.45. The number of dihydropyridines is 1. The molecule has 148 valence electrons. The van der Waals surface area contributed by atoms with E-state index in [1.165, 1.54) is 0 Å². The molecule has 2 aromatic rings. The number of benzene rings is 1. The van der Waals surface area contributed by atoms with Crippen molar-refractivity contribution < 1.29 is 14.3 Å². The normalized spacial score (nSPS) is 21.5. The minimum absolute atomic E-state index is 0.0533. The molecule has 0 bridgehead atoms. The number of Topliss-reactive ketones (excluding diaryl/α,β-unsaturated/α-hetero) is 1. The lowest BCUT2D eigenvalue weighted by atomic mass is 9.73. The van der Waals surface area contributed by atoms with Crippen LogP contribution in [0.4, 0.5) is 0 Å². The maximum absolute atomic E-state index is 13.3. The van der Waals surface area contributed by atoms with E-state index in [1.807, 2.05) is 43.3 Å². The summed E-state index contributed by atoms with van der Waals surface area (Å²) in [6, 6.07) is 15.7. The Labute approximate surface area is 170 Å². The van der Waals surface area contributed by atoms with Crippen LogP contribution in [0.1, 0.15) is 49.8 Å². The summed E-state index contributed by atoms with van der Waals surface area (Å²) in [5.74, 6) is -0.734. The van der Waals surface area contributed by atoms with E-state index in [4.69, 9.17) is 4.74 Å². The van der Waals surface area contributed by atoms with E-state index in [-0.39, 0.29) is 18.3 Å². The van der Waals surface area contributed by atoms with E-state index in [0.29, 0.717) is 23.3 Å². The largest absolute Gasteiger partial charge is 0.463 e. The lowest BCUT2D eigenvalue weighted by Gasteiger charge is -2.36. The van der Waals surface area contributed by atoms with Crippen molar-refractivity contribution in [3.8, 4) is 0 Å². The van der Waals surface area contributed by atoms with Crippen LogP contribution >= 0.6 is 0 Å².